The van der Waals surface area contributed by atoms with Crippen LogP contribution in [0.25, 0.3) is 0 Å². The third-order valence-electron chi connectivity index (χ3n) is 4.32. The van der Waals surface area contributed by atoms with E-state index in [4.69, 9.17) is 44.0 Å². The summed E-state index contributed by atoms with van der Waals surface area (Å²) in [5, 5.41) is 8.53. The maximum Gasteiger partial charge on any atom is 0.292 e. The molecule has 4 aromatic rings. The predicted octanol–water partition coefficient (Wildman–Crippen LogP) is 6.32. The van der Waals surface area contributed by atoms with Gasteiger partial charge in [0.2, 0.25) is 0 Å². The highest BCUT2D eigenvalue weighted by Gasteiger charge is 2.16. The summed E-state index contributed by atoms with van der Waals surface area (Å²) in [6, 6.07) is 17.6. The van der Waals surface area contributed by atoms with Gasteiger partial charge in [0, 0.05) is 16.2 Å². The second-order valence-corrected chi connectivity index (χ2v) is 7.83. The third kappa shape index (κ3) is 5.41. The van der Waals surface area contributed by atoms with E-state index in [9.17, 15) is 4.79 Å². The normalized spacial score (nSPS) is 10.8. The second kappa shape index (κ2) is 9.47. The van der Waals surface area contributed by atoms with Crippen LogP contribution in [0.5, 0.6) is 5.75 Å². The SMILES string of the molecule is O=C(Nc1nn(Cc2ccccc2Cl)cc1Cl)c1ccc(COc2ccc(Cl)cc2)o1. The number of rotatable bonds is 7. The molecule has 0 fully saturated rings. The molecule has 0 aliphatic heterocycles. The van der Waals surface area contributed by atoms with Crippen molar-refractivity contribution in [1.82, 2.24) is 9.78 Å². The number of ether oxygens (including phenoxy) is 1. The first-order valence-corrected chi connectivity index (χ1v) is 10.4. The Kier molecular flexibility index (Phi) is 6.51. The molecule has 0 aliphatic rings. The molecule has 0 unspecified atom stereocenters. The number of aromatic nitrogens is 2. The smallest absolute Gasteiger partial charge is 0.292 e. The highest BCUT2D eigenvalue weighted by molar-refractivity contribution is 6.33. The topological polar surface area (TPSA) is 69.3 Å². The molecule has 6 nitrogen and oxygen atoms in total. The Labute approximate surface area is 193 Å². The largest absolute Gasteiger partial charge is 0.486 e. The van der Waals surface area contributed by atoms with Crippen LogP contribution in [0.2, 0.25) is 15.1 Å². The van der Waals surface area contributed by atoms with Crippen molar-refractivity contribution in [2.75, 3.05) is 5.32 Å². The Morgan fingerprint density at radius 3 is 2.55 bits per heavy atom. The molecule has 158 valence electrons. The van der Waals surface area contributed by atoms with Gasteiger partial charge in [-0.05, 0) is 48.0 Å². The average molecular weight is 477 g/mol. The van der Waals surface area contributed by atoms with Crippen LogP contribution in [0.3, 0.4) is 0 Å². The Morgan fingerprint density at radius 1 is 1.00 bits per heavy atom. The van der Waals surface area contributed by atoms with E-state index in [1.54, 1.807) is 53.3 Å². The summed E-state index contributed by atoms with van der Waals surface area (Å²) in [4.78, 5) is 12.5. The fourth-order valence-electron chi connectivity index (χ4n) is 2.80. The van der Waals surface area contributed by atoms with Crippen molar-refractivity contribution >= 4 is 46.5 Å². The van der Waals surface area contributed by atoms with Gasteiger partial charge in [-0.15, -0.1) is 0 Å². The molecule has 1 N–H and O–H groups in total. The van der Waals surface area contributed by atoms with Crippen LogP contribution < -0.4 is 10.1 Å². The summed E-state index contributed by atoms with van der Waals surface area (Å²) < 4.78 is 12.8. The third-order valence-corrected chi connectivity index (χ3v) is 5.22. The molecule has 0 radical (unpaired) electrons. The molecule has 31 heavy (non-hydrogen) atoms. The Bertz CT molecular complexity index is 1200. The van der Waals surface area contributed by atoms with Crippen LogP contribution in [-0.2, 0) is 13.2 Å². The molecule has 0 spiro atoms. The molecule has 2 aromatic heterocycles. The quantitative estimate of drug-likeness (QED) is 0.339. The first-order valence-electron chi connectivity index (χ1n) is 9.23. The van der Waals surface area contributed by atoms with Gasteiger partial charge >= 0.3 is 0 Å². The molecular formula is C22H16Cl3N3O3. The Morgan fingerprint density at radius 2 is 1.77 bits per heavy atom. The number of nitrogens with zero attached hydrogens (tertiary/aromatic N) is 2. The summed E-state index contributed by atoms with van der Waals surface area (Å²) in [5.74, 6) is 1.02. The average Bonchev–Trinajstić information content (AvgIpc) is 3.36. The van der Waals surface area contributed by atoms with Crippen molar-refractivity contribution in [3.8, 4) is 5.75 Å². The van der Waals surface area contributed by atoms with E-state index in [2.05, 4.69) is 10.4 Å². The second-order valence-electron chi connectivity index (χ2n) is 6.58. The van der Waals surface area contributed by atoms with Crippen molar-refractivity contribution in [3.05, 3.63) is 99.0 Å². The number of anilines is 1. The standard InChI is InChI=1S/C22H16Cl3N3O3/c23-15-5-7-16(8-6-15)30-13-17-9-10-20(31-17)22(29)26-21-19(25)12-28(27-21)11-14-3-1-2-4-18(14)24/h1-10,12H,11,13H2,(H,26,27,29). The van der Waals surface area contributed by atoms with Gasteiger partial charge < -0.3 is 14.5 Å². The van der Waals surface area contributed by atoms with Crippen molar-refractivity contribution in [2.45, 2.75) is 13.2 Å². The monoisotopic (exact) mass is 475 g/mol. The first kappa shape index (κ1) is 21.3. The fourth-order valence-corrected chi connectivity index (χ4v) is 3.32. The number of nitrogens with one attached hydrogen (secondary N) is 1. The van der Waals surface area contributed by atoms with Crippen molar-refractivity contribution in [2.24, 2.45) is 0 Å². The van der Waals surface area contributed by atoms with E-state index in [-0.39, 0.29) is 18.2 Å². The molecule has 9 heteroatoms. The van der Waals surface area contributed by atoms with Gasteiger partial charge in [-0.1, -0.05) is 53.0 Å². The molecule has 1 amide bonds. The summed E-state index contributed by atoms with van der Waals surface area (Å²) in [5.41, 5.74) is 0.887. The molecular weight excluding hydrogens is 461 g/mol. The van der Waals surface area contributed by atoms with Crippen LogP contribution >= 0.6 is 34.8 Å². The van der Waals surface area contributed by atoms with Gasteiger partial charge in [-0.3, -0.25) is 9.48 Å². The van der Waals surface area contributed by atoms with Crippen LogP contribution in [0.1, 0.15) is 21.9 Å². The lowest BCUT2D eigenvalue weighted by Crippen LogP contribution is -2.12. The number of carbonyl (C=O) groups is 1. The van der Waals surface area contributed by atoms with E-state index < -0.39 is 5.91 Å². The van der Waals surface area contributed by atoms with Gasteiger partial charge in [0.15, 0.2) is 11.6 Å². The summed E-state index contributed by atoms with van der Waals surface area (Å²) in [7, 11) is 0. The molecule has 4 rings (SSSR count). The number of hydrogen-bond donors (Lipinski definition) is 1. The number of carbonyl (C=O) groups excluding carboxylic acids is 1. The fraction of sp³-hybridized carbons (Fsp3) is 0.0909. The lowest BCUT2D eigenvalue weighted by atomic mass is 10.2. The Hall–Kier alpha value is -2.93. The minimum absolute atomic E-state index is 0.117. The van der Waals surface area contributed by atoms with Crippen LogP contribution in [0.15, 0.2) is 71.3 Å². The number of halogens is 3. The minimum atomic E-state index is -0.470. The van der Waals surface area contributed by atoms with Crippen molar-refractivity contribution < 1.29 is 13.9 Å². The van der Waals surface area contributed by atoms with Crippen LogP contribution in [0.4, 0.5) is 5.82 Å². The van der Waals surface area contributed by atoms with E-state index in [0.29, 0.717) is 33.1 Å². The van der Waals surface area contributed by atoms with E-state index in [1.807, 2.05) is 18.2 Å². The van der Waals surface area contributed by atoms with Crippen molar-refractivity contribution in [1.29, 1.82) is 0 Å². The molecule has 0 atom stereocenters. The minimum Gasteiger partial charge on any atom is -0.486 e. The summed E-state index contributed by atoms with van der Waals surface area (Å²) >= 11 is 18.3. The highest BCUT2D eigenvalue weighted by atomic mass is 35.5. The molecule has 0 aliphatic carbocycles. The van der Waals surface area contributed by atoms with E-state index >= 15 is 0 Å². The zero-order valence-electron chi connectivity index (χ0n) is 16.0. The molecule has 0 bridgehead atoms. The van der Waals surface area contributed by atoms with Gasteiger partial charge in [-0.25, -0.2) is 0 Å². The van der Waals surface area contributed by atoms with Gasteiger partial charge in [0.25, 0.3) is 5.91 Å². The maximum absolute atomic E-state index is 12.5. The highest BCUT2D eigenvalue weighted by Crippen LogP contribution is 2.23. The zero-order valence-corrected chi connectivity index (χ0v) is 18.3. The number of benzene rings is 2. The van der Waals surface area contributed by atoms with Gasteiger partial charge in [0.1, 0.15) is 23.1 Å². The number of amides is 1. The molecule has 0 saturated carbocycles. The van der Waals surface area contributed by atoms with Crippen LogP contribution in [-0.4, -0.2) is 15.7 Å². The number of furan rings is 1. The Balaban J connectivity index is 1.38. The zero-order chi connectivity index (χ0) is 21.8. The van der Waals surface area contributed by atoms with Crippen LogP contribution in [0, 0.1) is 0 Å². The molecule has 2 heterocycles. The lowest BCUT2D eigenvalue weighted by molar-refractivity contribution is 0.0992. The summed E-state index contributed by atoms with van der Waals surface area (Å²) in [6.07, 6.45) is 1.62. The van der Waals surface area contributed by atoms with E-state index in [1.165, 1.54) is 0 Å². The summed E-state index contributed by atoms with van der Waals surface area (Å²) in [6.45, 7) is 0.588. The molecule has 0 saturated heterocycles. The van der Waals surface area contributed by atoms with E-state index in [0.717, 1.165) is 5.56 Å². The maximum atomic E-state index is 12.5. The molecule has 2 aromatic carbocycles. The van der Waals surface area contributed by atoms with Gasteiger partial charge in [0.05, 0.1) is 6.54 Å². The van der Waals surface area contributed by atoms with Crippen molar-refractivity contribution in [3.63, 3.8) is 0 Å². The first-order chi connectivity index (χ1) is 15.0. The number of hydrogen-bond acceptors (Lipinski definition) is 4. The predicted molar refractivity (Wildman–Crippen MR) is 120 cm³/mol. The lowest BCUT2D eigenvalue weighted by Gasteiger charge is -2.04. The van der Waals surface area contributed by atoms with Gasteiger partial charge in [-0.2, -0.15) is 5.10 Å².